The van der Waals surface area contributed by atoms with Crippen LogP contribution < -0.4 is 9.80 Å². The number of aryl methyl sites for hydroxylation is 1. The van der Waals surface area contributed by atoms with E-state index in [1.54, 1.807) is 0 Å². The average Bonchev–Trinajstić information content (AvgIpc) is 3.06. The van der Waals surface area contributed by atoms with Gasteiger partial charge in [-0.15, -0.1) is 0 Å². The number of hydrogen-bond donors (Lipinski definition) is 1. The summed E-state index contributed by atoms with van der Waals surface area (Å²) in [5.41, 5.74) is -1.52. The van der Waals surface area contributed by atoms with Gasteiger partial charge in [0.2, 0.25) is 0 Å². The zero-order chi connectivity index (χ0) is 24.7. The second-order valence-corrected chi connectivity index (χ2v) is 7.66. The van der Waals surface area contributed by atoms with Crippen LogP contribution in [0.15, 0.2) is 24.3 Å². The van der Waals surface area contributed by atoms with Crippen molar-refractivity contribution < 1.29 is 36.6 Å². The maximum atomic E-state index is 14.5. The molecule has 2 heterocycles. The van der Waals surface area contributed by atoms with Crippen molar-refractivity contribution in [2.24, 2.45) is 0 Å². The van der Waals surface area contributed by atoms with Gasteiger partial charge in [0, 0.05) is 19.3 Å². The summed E-state index contributed by atoms with van der Waals surface area (Å²) < 4.78 is 67.9. The third-order valence-corrected chi connectivity index (χ3v) is 5.40. The number of hydrogen-bond acceptors (Lipinski definition) is 4. The van der Waals surface area contributed by atoms with Crippen LogP contribution in [0.5, 0.6) is 0 Å². The predicted octanol–water partition coefficient (Wildman–Crippen LogP) is 3.61. The lowest BCUT2D eigenvalue weighted by molar-refractivity contribution is -0.137. The Morgan fingerprint density at radius 1 is 1.30 bits per heavy atom. The Kier molecular flexibility index (Phi) is 6.80. The van der Waals surface area contributed by atoms with Crippen molar-refractivity contribution in [2.75, 3.05) is 36.5 Å². The third-order valence-electron chi connectivity index (χ3n) is 5.06. The second kappa shape index (κ2) is 9.10. The number of amides is 3. The number of pyridine rings is 1. The Bertz CT molecular complexity index is 1100. The first-order valence-corrected chi connectivity index (χ1v) is 9.90. The van der Waals surface area contributed by atoms with Gasteiger partial charge in [0.15, 0.2) is 5.82 Å². The Morgan fingerprint density at radius 2 is 1.97 bits per heavy atom. The number of carbonyl (C=O) groups excluding carboxylic acids is 2. The van der Waals surface area contributed by atoms with Crippen LogP contribution in [0.1, 0.15) is 11.3 Å². The fourth-order valence-electron chi connectivity index (χ4n) is 3.46. The van der Waals surface area contributed by atoms with Crippen molar-refractivity contribution in [3.63, 3.8) is 0 Å². The minimum absolute atomic E-state index is 0.0517. The number of halogens is 6. The lowest BCUT2D eigenvalue weighted by atomic mass is 10.1. The van der Waals surface area contributed by atoms with E-state index in [0.29, 0.717) is 6.07 Å². The highest BCUT2D eigenvalue weighted by molar-refractivity contribution is 6.31. The second-order valence-electron chi connectivity index (χ2n) is 7.28. The summed E-state index contributed by atoms with van der Waals surface area (Å²) in [4.78, 5) is 32.7. The molecule has 0 aliphatic carbocycles. The summed E-state index contributed by atoms with van der Waals surface area (Å²) in [6.45, 7) is 0.324. The third kappa shape index (κ3) is 4.71. The van der Waals surface area contributed by atoms with Crippen LogP contribution in [-0.4, -0.2) is 59.7 Å². The molecule has 2 aromatic rings. The largest absolute Gasteiger partial charge is 0.416 e. The summed E-state index contributed by atoms with van der Waals surface area (Å²) in [5, 5.41) is 8.39. The number of carbonyl (C=O) groups is 2. The number of aromatic nitrogens is 1. The predicted molar refractivity (Wildman–Crippen MR) is 109 cm³/mol. The first-order chi connectivity index (χ1) is 15.4. The van der Waals surface area contributed by atoms with E-state index in [4.69, 9.17) is 11.6 Å². The van der Waals surface area contributed by atoms with Crippen molar-refractivity contribution in [1.82, 2.24) is 9.88 Å². The highest BCUT2D eigenvalue weighted by Crippen LogP contribution is 2.34. The molecule has 0 spiro atoms. The average molecular weight is 493 g/mol. The fraction of sp³-hybridized carbons (Fsp3) is 0.350. The van der Waals surface area contributed by atoms with Crippen molar-refractivity contribution in [3.8, 4) is 0 Å². The molecule has 7 nitrogen and oxygen atoms in total. The molecular formula is C20H18ClF5N4O3. The maximum absolute atomic E-state index is 14.5. The topological polar surface area (TPSA) is 77.0 Å². The molecule has 1 fully saturated rings. The number of aliphatic hydroxyl groups excluding tert-OH is 1. The first kappa shape index (κ1) is 24.6. The summed E-state index contributed by atoms with van der Waals surface area (Å²) in [5.74, 6) is -3.59. The Hall–Kier alpha value is -2.99. The first-order valence-electron chi connectivity index (χ1n) is 9.52. The van der Waals surface area contributed by atoms with Gasteiger partial charge in [-0.05, 0) is 31.2 Å². The molecule has 0 radical (unpaired) electrons. The molecule has 33 heavy (non-hydrogen) atoms. The Labute approximate surface area is 190 Å². The van der Waals surface area contributed by atoms with E-state index in [9.17, 15) is 36.6 Å². The lowest BCUT2D eigenvalue weighted by Gasteiger charge is -2.27. The van der Waals surface area contributed by atoms with Gasteiger partial charge in [-0.3, -0.25) is 9.69 Å². The minimum Gasteiger partial charge on any atom is -0.395 e. The van der Waals surface area contributed by atoms with E-state index in [1.165, 1.54) is 6.92 Å². The van der Waals surface area contributed by atoms with Gasteiger partial charge in [-0.1, -0.05) is 11.6 Å². The van der Waals surface area contributed by atoms with Gasteiger partial charge in [-0.2, -0.15) is 13.2 Å². The minimum atomic E-state index is -4.74. The van der Waals surface area contributed by atoms with Gasteiger partial charge < -0.3 is 14.9 Å². The van der Waals surface area contributed by atoms with Crippen LogP contribution in [0.25, 0.3) is 0 Å². The smallest absolute Gasteiger partial charge is 0.395 e. The monoisotopic (exact) mass is 492 g/mol. The molecule has 0 saturated carbocycles. The molecule has 3 rings (SSSR count). The lowest BCUT2D eigenvalue weighted by Crippen LogP contribution is -2.47. The van der Waals surface area contributed by atoms with Crippen LogP contribution in [0.2, 0.25) is 5.02 Å². The quantitative estimate of drug-likeness (QED) is 0.511. The summed E-state index contributed by atoms with van der Waals surface area (Å²) in [6, 6.07) is 0.954. The molecule has 1 atom stereocenters. The van der Waals surface area contributed by atoms with E-state index >= 15 is 0 Å². The van der Waals surface area contributed by atoms with Gasteiger partial charge in [0.05, 0.1) is 24.4 Å². The highest BCUT2D eigenvalue weighted by atomic mass is 35.5. The van der Waals surface area contributed by atoms with E-state index in [1.807, 2.05) is 0 Å². The van der Waals surface area contributed by atoms with E-state index in [-0.39, 0.29) is 18.8 Å². The van der Waals surface area contributed by atoms with Crippen LogP contribution in [0.3, 0.4) is 0 Å². The number of anilines is 2. The molecule has 0 bridgehead atoms. The number of β-amino-alcohol motifs (C(OH)–C–C–N with tert-alkyl or cyclic N) is 1. The molecular weight excluding hydrogens is 475 g/mol. The number of rotatable bonds is 5. The van der Waals surface area contributed by atoms with Crippen LogP contribution in [0, 0.1) is 18.6 Å². The zero-order valence-corrected chi connectivity index (χ0v) is 18.1. The van der Waals surface area contributed by atoms with Gasteiger partial charge >= 0.3 is 12.2 Å². The number of benzene rings is 1. The normalized spacial score (nSPS) is 16.5. The fourth-order valence-corrected chi connectivity index (χ4v) is 3.62. The molecule has 1 aromatic carbocycles. The molecule has 1 N–H and O–H groups in total. The summed E-state index contributed by atoms with van der Waals surface area (Å²) >= 11 is 5.58. The Morgan fingerprint density at radius 3 is 2.58 bits per heavy atom. The van der Waals surface area contributed by atoms with Gasteiger partial charge in [-0.25, -0.2) is 18.6 Å². The van der Waals surface area contributed by atoms with Crippen LogP contribution in [-0.2, 0) is 11.0 Å². The highest BCUT2D eigenvalue weighted by Gasteiger charge is 2.45. The van der Waals surface area contributed by atoms with Crippen molar-refractivity contribution in [1.29, 1.82) is 0 Å². The van der Waals surface area contributed by atoms with E-state index in [2.05, 4.69) is 4.98 Å². The number of aliphatic hydroxyl groups is 1. The van der Waals surface area contributed by atoms with Gasteiger partial charge in [0.1, 0.15) is 22.7 Å². The Balaban J connectivity index is 2.05. The number of likely N-dealkylation sites (N-methyl/N-ethyl adjacent to an activating group) is 1. The molecule has 0 unspecified atom stereocenters. The molecule has 3 amide bonds. The summed E-state index contributed by atoms with van der Waals surface area (Å²) in [6.07, 6.45) is -4.74. The van der Waals surface area contributed by atoms with Crippen molar-refractivity contribution in [3.05, 3.63) is 52.2 Å². The SMILES string of the molecule is Cc1cc(C(F)(F)F)cc(N2C(=O)N(CCO)C[C@H]2C(=O)N(C)c2ccc(F)c(Cl)c2F)n1. The summed E-state index contributed by atoms with van der Waals surface area (Å²) in [7, 11) is 1.15. The van der Waals surface area contributed by atoms with Crippen molar-refractivity contribution in [2.45, 2.75) is 19.1 Å². The maximum Gasteiger partial charge on any atom is 0.416 e. The van der Waals surface area contributed by atoms with Gasteiger partial charge in [0.25, 0.3) is 5.91 Å². The van der Waals surface area contributed by atoms with E-state index < -0.39 is 64.5 Å². The number of alkyl halides is 3. The molecule has 1 saturated heterocycles. The van der Waals surface area contributed by atoms with Crippen LogP contribution >= 0.6 is 11.6 Å². The number of urea groups is 1. The standard InChI is InChI=1S/C20H18ClF5N4O3/c1-10-7-11(20(24,25)26)8-15(27-10)30-14(9-29(5-6-31)19(30)33)18(32)28(2)13-4-3-12(22)16(21)17(13)23/h3-4,7-8,14,31H,5-6,9H2,1-2H3/t14-/m0/s1. The van der Waals surface area contributed by atoms with Crippen molar-refractivity contribution >= 4 is 35.0 Å². The molecule has 13 heteroatoms. The number of nitrogens with zero attached hydrogens (tertiary/aromatic N) is 4. The molecule has 1 aliphatic rings. The van der Waals surface area contributed by atoms with Crippen LogP contribution in [0.4, 0.5) is 38.3 Å². The molecule has 178 valence electrons. The molecule has 1 aromatic heterocycles. The molecule has 1 aliphatic heterocycles. The van der Waals surface area contributed by atoms with E-state index in [0.717, 1.165) is 39.9 Å². The zero-order valence-electron chi connectivity index (χ0n) is 17.3.